The first-order valence-electron chi connectivity index (χ1n) is 4.93. The lowest BCUT2D eigenvalue weighted by Gasteiger charge is -2.10. The molecule has 16 heavy (non-hydrogen) atoms. The number of hydrogen-bond acceptors (Lipinski definition) is 4. The number of unbranched alkanes of at least 4 members (excludes halogenated alkanes) is 1. The summed E-state index contributed by atoms with van der Waals surface area (Å²) in [4.78, 5) is 30.8. The fourth-order valence-corrected chi connectivity index (χ4v) is 1.15. The molecule has 0 bridgehead atoms. The van der Waals surface area contributed by atoms with Gasteiger partial charge in [-0.2, -0.15) is 0 Å². The fourth-order valence-electron chi connectivity index (χ4n) is 1.15. The summed E-state index contributed by atoms with van der Waals surface area (Å²) in [5.74, 6) is -1.99. The molecule has 0 aliphatic rings. The van der Waals surface area contributed by atoms with Crippen molar-refractivity contribution in [2.45, 2.75) is 25.3 Å². The lowest BCUT2D eigenvalue weighted by atomic mass is 10.1. The van der Waals surface area contributed by atoms with Crippen LogP contribution in [0.3, 0.4) is 0 Å². The predicted molar refractivity (Wildman–Crippen MR) is 55.0 cm³/mol. The Hall–Kier alpha value is -1.63. The van der Waals surface area contributed by atoms with Gasteiger partial charge in [-0.05, 0) is 25.8 Å². The van der Waals surface area contributed by atoms with Gasteiger partial charge in [0.2, 0.25) is 6.41 Å². The number of rotatable bonds is 10. The molecular formula is C9H16N2O5. The summed E-state index contributed by atoms with van der Waals surface area (Å²) in [5.41, 5.74) is 0. The third kappa shape index (κ3) is 7.74. The minimum absolute atomic E-state index is 0.102. The molecule has 0 aromatic carbocycles. The number of hydrogen-bond donors (Lipinski definition) is 4. The first kappa shape index (κ1) is 14.4. The second kappa shape index (κ2) is 8.66. The first-order chi connectivity index (χ1) is 7.57. The molecule has 1 atom stereocenters. The molecular weight excluding hydrogens is 216 g/mol. The van der Waals surface area contributed by atoms with Gasteiger partial charge in [0.25, 0.3) is 0 Å². The van der Waals surface area contributed by atoms with Crippen LogP contribution in [-0.2, 0) is 14.4 Å². The van der Waals surface area contributed by atoms with E-state index in [-0.39, 0.29) is 6.54 Å². The van der Waals surface area contributed by atoms with E-state index in [1.54, 1.807) is 0 Å². The molecule has 0 heterocycles. The molecule has 7 heteroatoms. The van der Waals surface area contributed by atoms with Crippen LogP contribution in [0.5, 0.6) is 0 Å². The Morgan fingerprint density at radius 3 is 2.44 bits per heavy atom. The van der Waals surface area contributed by atoms with Crippen LogP contribution < -0.4 is 10.6 Å². The van der Waals surface area contributed by atoms with Gasteiger partial charge in [0.1, 0.15) is 6.04 Å². The maximum Gasteiger partial charge on any atom is 0.326 e. The molecule has 0 fully saturated rings. The largest absolute Gasteiger partial charge is 0.480 e. The van der Waals surface area contributed by atoms with Crippen LogP contribution in [0.4, 0.5) is 0 Å². The molecule has 0 aromatic heterocycles. The smallest absolute Gasteiger partial charge is 0.326 e. The molecule has 0 rings (SSSR count). The Balaban J connectivity index is 3.51. The SMILES string of the molecule is O=CN[C@@H](CCCCNCC(=O)O)C(=O)O. The summed E-state index contributed by atoms with van der Waals surface area (Å²) >= 11 is 0. The Bertz CT molecular complexity index is 244. The highest BCUT2D eigenvalue weighted by molar-refractivity contribution is 5.76. The second-order valence-electron chi connectivity index (χ2n) is 3.24. The van der Waals surface area contributed by atoms with E-state index in [9.17, 15) is 14.4 Å². The van der Waals surface area contributed by atoms with Crippen LogP contribution in [0.25, 0.3) is 0 Å². The minimum atomic E-state index is -1.06. The molecule has 0 radical (unpaired) electrons. The molecule has 0 saturated carbocycles. The van der Waals surface area contributed by atoms with Gasteiger partial charge in [0.15, 0.2) is 0 Å². The predicted octanol–water partition coefficient (Wildman–Crippen LogP) is -0.970. The molecule has 1 amide bonds. The molecule has 7 nitrogen and oxygen atoms in total. The van der Waals surface area contributed by atoms with Gasteiger partial charge >= 0.3 is 11.9 Å². The van der Waals surface area contributed by atoms with Crippen molar-refractivity contribution in [1.29, 1.82) is 0 Å². The lowest BCUT2D eigenvalue weighted by molar-refractivity contribution is -0.140. The molecule has 0 unspecified atom stereocenters. The van der Waals surface area contributed by atoms with Gasteiger partial charge in [0, 0.05) is 0 Å². The summed E-state index contributed by atoms with van der Waals surface area (Å²) in [6.45, 7) is 0.411. The zero-order valence-electron chi connectivity index (χ0n) is 8.81. The fraction of sp³-hybridized carbons (Fsp3) is 0.667. The number of nitrogens with one attached hydrogen (secondary N) is 2. The summed E-state index contributed by atoms with van der Waals surface area (Å²) in [6.07, 6.45) is 1.96. The highest BCUT2D eigenvalue weighted by atomic mass is 16.4. The van der Waals surface area contributed by atoms with Crippen LogP contribution >= 0.6 is 0 Å². The number of carbonyl (C=O) groups is 3. The number of carboxylic acid groups (broad SMARTS) is 2. The third-order valence-electron chi connectivity index (χ3n) is 1.94. The molecule has 92 valence electrons. The second-order valence-corrected chi connectivity index (χ2v) is 3.24. The van der Waals surface area contributed by atoms with Crippen molar-refractivity contribution in [3.63, 3.8) is 0 Å². The quantitative estimate of drug-likeness (QED) is 0.284. The van der Waals surface area contributed by atoms with Crippen molar-refractivity contribution < 1.29 is 24.6 Å². The van der Waals surface area contributed by atoms with E-state index >= 15 is 0 Å². The van der Waals surface area contributed by atoms with Crippen LogP contribution in [0.15, 0.2) is 0 Å². The molecule has 0 aliphatic carbocycles. The maximum atomic E-state index is 10.6. The van der Waals surface area contributed by atoms with Crippen LogP contribution in [0.2, 0.25) is 0 Å². The van der Waals surface area contributed by atoms with Crippen molar-refractivity contribution in [1.82, 2.24) is 10.6 Å². The van der Waals surface area contributed by atoms with E-state index in [2.05, 4.69) is 10.6 Å². The molecule has 0 aliphatic heterocycles. The highest BCUT2D eigenvalue weighted by Crippen LogP contribution is 2.00. The van der Waals surface area contributed by atoms with E-state index in [0.29, 0.717) is 32.2 Å². The van der Waals surface area contributed by atoms with E-state index in [1.807, 2.05) is 0 Å². The molecule has 0 aromatic rings. The summed E-state index contributed by atoms with van der Waals surface area (Å²) < 4.78 is 0. The normalized spacial score (nSPS) is 11.8. The van der Waals surface area contributed by atoms with Gasteiger partial charge in [-0.1, -0.05) is 0 Å². The van der Waals surface area contributed by atoms with Crippen molar-refractivity contribution in [2.24, 2.45) is 0 Å². The number of amides is 1. The van der Waals surface area contributed by atoms with E-state index < -0.39 is 18.0 Å². The third-order valence-corrected chi connectivity index (χ3v) is 1.94. The van der Waals surface area contributed by atoms with Crippen molar-refractivity contribution in [3.05, 3.63) is 0 Å². The summed E-state index contributed by atoms with van der Waals surface area (Å²) in [7, 11) is 0. The van der Waals surface area contributed by atoms with Crippen molar-refractivity contribution in [3.8, 4) is 0 Å². The molecule has 0 spiro atoms. The van der Waals surface area contributed by atoms with E-state index in [4.69, 9.17) is 10.2 Å². The Morgan fingerprint density at radius 1 is 1.25 bits per heavy atom. The maximum absolute atomic E-state index is 10.6. The van der Waals surface area contributed by atoms with Gasteiger partial charge < -0.3 is 20.8 Å². The Kier molecular flexibility index (Phi) is 7.78. The molecule has 0 saturated heterocycles. The number of carbonyl (C=O) groups excluding carboxylic acids is 1. The van der Waals surface area contributed by atoms with Crippen molar-refractivity contribution >= 4 is 18.3 Å². The van der Waals surface area contributed by atoms with E-state index in [1.165, 1.54) is 0 Å². The standard InChI is InChI=1S/C9H16N2O5/c12-6-11-7(9(15)16)3-1-2-4-10-5-8(13)14/h6-7,10H,1-5H2,(H,11,12)(H,13,14)(H,15,16)/t7-/m0/s1. The van der Waals surface area contributed by atoms with Gasteiger partial charge in [-0.3, -0.25) is 9.59 Å². The first-order valence-corrected chi connectivity index (χ1v) is 4.93. The van der Waals surface area contributed by atoms with Crippen LogP contribution in [0.1, 0.15) is 19.3 Å². The zero-order chi connectivity index (χ0) is 12.4. The lowest BCUT2D eigenvalue weighted by Crippen LogP contribution is -2.35. The van der Waals surface area contributed by atoms with Gasteiger partial charge in [-0.25, -0.2) is 4.79 Å². The van der Waals surface area contributed by atoms with Crippen LogP contribution in [0, 0.1) is 0 Å². The molecule has 4 N–H and O–H groups in total. The van der Waals surface area contributed by atoms with Gasteiger partial charge in [0.05, 0.1) is 6.54 Å². The number of carboxylic acids is 2. The topological polar surface area (TPSA) is 116 Å². The summed E-state index contributed by atoms with van der Waals surface area (Å²) in [6, 6.07) is -0.864. The monoisotopic (exact) mass is 232 g/mol. The average Bonchev–Trinajstić information content (AvgIpc) is 2.20. The minimum Gasteiger partial charge on any atom is -0.480 e. The Morgan fingerprint density at radius 2 is 1.94 bits per heavy atom. The Labute approximate surface area is 92.8 Å². The zero-order valence-corrected chi connectivity index (χ0v) is 8.81. The average molecular weight is 232 g/mol. The van der Waals surface area contributed by atoms with Crippen molar-refractivity contribution in [2.75, 3.05) is 13.1 Å². The number of aliphatic carboxylic acids is 2. The summed E-state index contributed by atoms with van der Waals surface area (Å²) in [5, 5.41) is 21.9. The van der Waals surface area contributed by atoms with Gasteiger partial charge in [-0.15, -0.1) is 0 Å². The van der Waals surface area contributed by atoms with E-state index in [0.717, 1.165) is 0 Å². The van der Waals surface area contributed by atoms with Crippen LogP contribution in [-0.4, -0.2) is 47.7 Å². The highest BCUT2D eigenvalue weighted by Gasteiger charge is 2.14.